The number of alkyl halides is 1. The Labute approximate surface area is 92.8 Å². The van der Waals surface area contributed by atoms with E-state index in [4.69, 9.17) is 11.6 Å². The summed E-state index contributed by atoms with van der Waals surface area (Å²) in [6.45, 7) is 1.31. The Kier molecular flexibility index (Phi) is 4.12. The summed E-state index contributed by atoms with van der Waals surface area (Å²) in [6, 6.07) is 1.55. The fourth-order valence-corrected chi connectivity index (χ4v) is 3.41. The molecule has 1 saturated carbocycles. The molecule has 0 amide bonds. The highest BCUT2D eigenvalue weighted by atomic mass is 35.5. The fraction of sp³-hybridized carbons (Fsp3) is 1.00. The SMILES string of the molecule is ClCC1CCCCCN1C1CCCC1. The third kappa shape index (κ3) is 2.43. The summed E-state index contributed by atoms with van der Waals surface area (Å²) in [6.07, 6.45) is 11.3. The standard InChI is InChI=1S/C12H22ClN/c13-10-12-8-2-1-5-9-14(12)11-6-3-4-7-11/h11-12H,1-10H2. The molecule has 1 aliphatic heterocycles. The Bertz CT molecular complexity index is 166. The molecule has 1 heterocycles. The van der Waals surface area contributed by atoms with Gasteiger partial charge in [0.15, 0.2) is 0 Å². The van der Waals surface area contributed by atoms with Gasteiger partial charge in [0.2, 0.25) is 0 Å². The van der Waals surface area contributed by atoms with Crippen LogP contribution in [0.1, 0.15) is 51.4 Å². The zero-order chi connectivity index (χ0) is 9.80. The highest BCUT2D eigenvalue weighted by Gasteiger charge is 2.28. The lowest BCUT2D eigenvalue weighted by atomic mass is 10.1. The molecular weight excluding hydrogens is 194 g/mol. The van der Waals surface area contributed by atoms with Gasteiger partial charge in [0.05, 0.1) is 0 Å². The van der Waals surface area contributed by atoms with E-state index in [1.165, 1.54) is 57.9 Å². The van der Waals surface area contributed by atoms with Crippen LogP contribution in [0.4, 0.5) is 0 Å². The van der Waals surface area contributed by atoms with Gasteiger partial charge in [0.1, 0.15) is 0 Å². The Morgan fingerprint density at radius 1 is 0.929 bits per heavy atom. The van der Waals surface area contributed by atoms with E-state index < -0.39 is 0 Å². The average molecular weight is 216 g/mol. The summed E-state index contributed by atoms with van der Waals surface area (Å²) < 4.78 is 0. The normalized spacial score (nSPS) is 31.9. The van der Waals surface area contributed by atoms with Crippen molar-refractivity contribution in [2.45, 2.75) is 63.5 Å². The Balaban J connectivity index is 1.96. The molecule has 0 aromatic carbocycles. The van der Waals surface area contributed by atoms with Crippen molar-refractivity contribution in [1.82, 2.24) is 4.90 Å². The molecule has 0 spiro atoms. The molecule has 0 N–H and O–H groups in total. The van der Waals surface area contributed by atoms with Gasteiger partial charge in [-0.05, 0) is 32.2 Å². The molecule has 1 saturated heterocycles. The van der Waals surface area contributed by atoms with E-state index >= 15 is 0 Å². The summed E-state index contributed by atoms with van der Waals surface area (Å²) in [5.41, 5.74) is 0. The maximum absolute atomic E-state index is 6.08. The van der Waals surface area contributed by atoms with E-state index in [1.54, 1.807) is 0 Å². The predicted molar refractivity (Wildman–Crippen MR) is 61.9 cm³/mol. The first-order valence-corrected chi connectivity index (χ1v) is 6.77. The van der Waals surface area contributed by atoms with Crippen LogP contribution in [0.2, 0.25) is 0 Å². The van der Waals surface area contributed by atoms with Gasteiger partial charge in [-0.2, -0.15) is 0 Å². The van der Waals surface area contributed by atoms with E-state index in [0.29, 0.717) is 6.04 Å². The van der Waals surface area contributed by atoms with Crippen LogP contribution in [0.3, 0.4) is 0 Å². The second kappa shape index (κ2) is 5.37. The zero-order valence-corrected chi connectivity index (χ0v) is 9.81. The van der Waals surface area contributed by atoms with Crippen molar-refractivity contribution in [3.05, 3.63) is 0 Å². The van der Waals surface area contributed by atoms with Crippen molar-refractivity contribution in [3.63, 3.8) is 0 Å². The van der Waals surface area contributed by atoms with Crippen molar-refractivity contribution < 1.29 is 0 Å². The van der Waals surface area contributed by atoms with E-state index in [9.17, 15) is 0 Å². The number of rotatable bonds is 2. The van der Waals surface area contributed by atoms with Gasteiger partial charge in [0.25, 0.3) is 0 Å². The molecule has 1 unspecified atom stereocenters. The Morgan fingerprint density at radius 2 is 1.64 bits per heavy atom. The molecule has 0 bridgehead atoms. The third-order valence-corrected chi connectivity index (χ3v) is 4.25. The van der Waals surface area contributed by atoms with Crippen molar-refractivity contribution in [1.29, 1.82) is 0 Å². The number of hydrogen-bond donors (Lipinski definition) is 0. The second-order valence-corrected chi connectivity index (χ2v) is 5.14. The van der Waals surface area contributed by atoms with Crippen LogP contribution in [0.25, 0.3) is 0 Å². The first-order chi connectivity index (χ1) is 6.92. The molecule has 0 aromatic rings. The molecule has 14 heavy (non-hydrogen) atoms. The summed E-state index contributed by atoms with van der Waals surface area (Å²) in [5.74, 6) is 0.844. The lowest BCUT2D eigenvalue weighted by Gasteiger charge is -2.34. The molecule has 1 atom stereocenters. The molecule has 0 radical (unpaired) electrons. The second-order valence-electron chi connectivity index (χ2n) is 4.83. The van der Waals surface area contributed by atoms with E-state index in [0.717, 1.165) is 11.9 Å². The Morgan fingerprint density at radius 3 is 2.36 bits per heavy atom. The molecule has 82 valence electrons. The molecule has 2 heteroatoms. The first kappa shape index (κ1) is 10.8. The van der Waals surface area contributed by atoms with Crippen LogP contribution >= 0.6 is 11.6 Å². The van der Waals surface area contributed by atoms with Gasteiger partial charge in [-0.1, -0.05) is 25.7 Å². The van der Waals surface area contributed by atoms with Crippen LogP contribution in [-0.4, -0.2) is 29.4 Å². The minimum Gasteiger partial charge on any atom is -0.296 e. The quantitative estimate of drug-likeness (QED) is 0.639. The van der Waals surface area contributed by atoms with Crippen molar-refractivity contribution in [2.75, 3.05) is 12.4 Å². The first-order valence-electron chi connectivity index (χ1n) is 6.23. The van der Waals surface area contributed by atoms with Crippen LogP contribution in [-0.2, 0) is 0 Å². The maximum atomic E-state index is 6.08. The van der Waals surface area contributed by atoms with Gasteiger partial charge in [-0.15, -0.1) is 11.6 Å². The molecular formula is C12H22ClN. The third-order valence-electron chi connectivity index (χ3n) is 3.89. The average Bonchev–Trinajstić information content (AvgIpc) is 2.63. The topological polar surface area (TPSA) is 3.24 Å². The van der Waals surface area contributed by atoms with Crippen molar-refractivity contribution in [2.24, 2.45) is 0 Å². The van der Waals surface area contributed by atoms with Gasteiger partial charge < -0.3 is 0 Å². The summed E-state index contributed by atoms with van der Waals surface area (Å²) in [5, 5.41) is 0. The minimum absolute atomic E-state index is 0.683. The van der Waals surface area contributed by atoms with Gasteiger partial charge >= 0.3 is 0 Å². The van der Waals surface area contributed by atoms with Gasteiger partial charge in [0, 0.05) is 18.0 Å². The maximum Gasteiger partial charge on any atom is 0.0379 e. The highest BCUT2D eigenvalue weighted by molar-refractivity contribution is 6.18. The smallest absolute Gasteiger partial charge is 0.0379 e. The fourth-order valence-electron chi connectivity index (χ4n) is 3.08. The summed E-state index contributed by atoms with van der Waals surface area (Å²) in [7, 11) is 0. The van der Waals surface area contributed by atoms with Crippen LogP contribution < -0.4 is 0 Å². The predicted octanol–water partition coefficient (Wildman–Crippen LogP) is 3.41. The summed E-state index contributed by atoms with van der Waals surface area (Å²) >= 11 is 6.08. The van der Waals surface area contributed by atoms with Crippen molar-refractivity contribution in [3.8, 4) is 0 Å². The number of hydrogen-bond acceptors (Lipinski definition) is 1. The molecule has 1 nitrogen and oxygen atoms in total. The van der Waals surface area contributed by atoms with E-state index in [1.807, 2.05) is 0 Å². The van der Waals surface area contributed by atoms with Crippen LogP contribution in [0.15, 0.2) is 0 Å². The summed E-state index contributed by atoms with van der Waals surface area (Å²) in [4.78, 5) is 2.73. The molecule has 2 fully saturated rings. The molecule has 2 rings (SSSR count). The van der Waals surface area contributed by atoms with Crippen LogP contribution in [0, 0.1) is 0 Å². The number of halogens is 1. The van der Waals surface area contributed by atoms with Gasteiger partial charge in [-0.25, -0.2) is 0 Å². The lowest BCUT2D eigenvalue weighted by Crippen LogP contribution is -2.42. The zero-order valence-electron chi connectivity index (χ0n) is 9.05. The van der Waals surface area contributed by atoms with E-state index in [2.05, 4.69) is 4.90 Å². The minimum atomic E-state index is 0.683. The number of likely N-dealkylation sites (tertiary alicyclic amines) is 1. The Hall–Kier alpha value is 0.250. The largest absolute Gasteiger partial charge is 0.296 e. The monoisotopic (exact) mass is 215 g/mol. The number of nitrogens with zero attached hydrogens (tertiary/aromatic N) is 1. The lowest BCUT2D eigenvalue weighted by molar-refractivity contribution is 0.151. The highest BCUT2D eigenvalue weighted by Crippen LogP contribution is 2.29. The van der Waals surface area contributed by atoms with Crippen molar-refractivity contribution >= 4 is 11.6 Å². The molecule has 0 aromatic heterocycles. The van der Waals surface area contributed by atoms with Crippen LogP contribution in [0.5, 0.6) is 0 Å². The molecule has 1 aliphatic carbocycles. The van der Waals surface area contributed by atoms with E-state index in [-0.39, 0.29) is 0 Å². The van der Waals surface area contributed by atoms with Gasteiger partial charge in [-0.3, -0.25) is 4.90 Å². The molecule has 2 aliphatic rings.